The highest BCUT2D eigenvalue weighted by atomic mass is 32.1. The van der Waals surface area contributed by atoms with Crippen LogP contribution in [0.1, 0.15) is 17.2 Å². The summed E-state index contributed by atoms with van der Waals surface area (Å²) in [6.45, 7) is 0. The fourth-order valence-corrected chi connectivity index (χ4v) is 3.84. The van der Waals surface area contributed by atoms with Crippen LogP contribution >= 0.6 is 11.3 Å². The lowest BCUT2D eigenvalue weighted by molar-refractivity contribution is -0.384. The molecule has 0 aliphatic carbocycles. The molecule has 144 valence electrons. The summed E-state index contributed by atoms with van der Waals surface area (Å²) in [5.74, 6) is -0.241. The molecule has 0 atom stereocenters. The zero-order chi connectivity index (χ0) is 20.4. The largest absolute Gasteiger partial charge is 0.550 e. The van der Waals surface area contributed by atoms with E-state index in [2.05, 4.69) is 4.98 Å². The number of nitro benzene ring substituents is 1. The van der Waals surface area contributed by atoms with Gasteiger partial charge in [0.05, 0.1) is 15.1 Å². The third kappa shape index (κ3) is 4.07. The highest BCUT2D eigenvalue weighted by Crippen LogP contribution is 2.31. The quantitative estimate of drug-likeness (QED) is 0.352. The van der Waals surface area contributed by atoms with Crippen molar-refractivity contribution in [1.29, 1.82) is 0 Å². The Hall–Kier alpha value is -3.78. The normalized spacial score (nSPS) is 11.7. The number of hydrogen-bond donors (Lipinski definition) is 0. The fourth-order valence-electron chi connectivity index (χ4n) is 2.86. The minimum Gasteiger partial charge on any atom is -0.550 e. The molecule has 2 aromatic carbocycles. The Labute approximate surface area is 168 Å². The van der Waals surface area contributed by atoms with Gasteiger partial charge in [-0.05, 0) is 48.0 Å². The van der Waals surface area contributed by atoms with Crippen LogP contribution in [0.4, 0.5) is 5.69 Å². The van der Waals surface area contributed by atoms with Gasteiger partial charge in [-0.2, -0.15) is 0 Å². The number of para-hydroxylation sites is 1. The molecule has 8 heteroatoms. The topological polar surface area (TPSA) is 109 Å². The maximum atomic E-state index is 11.2. The van der Waals surface area contributed by atoms with E-state index in [1.54, 1.807) is 30.3 Å². The van der Waals surface area contributed by atoms with Gasteiger partial charge in [-0.1, -0.05) is 12.1 Å². The van der Waals surface area contributed by atoms with Crippen LogP contribution < -0.4 is 5.11 Å². The SMILES string of the molecule is O=C([O-])C/C(=C\c1ccc(-c2ccc([N+](=O)[O-])cc2)o1)c1nc2ccccc2s1. The van der Waals surface area contributed by atoms with Gasteiger partial charge in [-0.15, -0.1) is 11.3 Å². The Bertz CT molecular complexity index is 1200. The molecule has 0 aliphatic rings. The van der Waals surface area contributed by atoms with Gasteiger partial charge in [0, 0.05) is 30.1 Å². The zero-order valence-corrected chi connectivity index (χ0v) is 15.7. The number of thiazole rings is 1. The summed E-state index contributed by atoms with van der Waals surface area (Å²) in [7, 11) is 0. The second kappa shape index (κ2) is 7.69. The number of furan rings is 1. The van der Waals surface area contributed by atoms with E-state index in [0.717, 1.165) is 10.2 Å². The number of nitro groups is 1. The first-order chi connectivity index (χ1) is 14.0. The minimum absolute atomic E-state index is 0.00694. The van der Waals surface area contributed by atoms with E-state index in [1.165, 1.54) is 23.5 Å². The van der Waals surface area contributed by atoms with Crippen molar-refractivity contribution in [2.24, 2.45) is 0 Å². The second-order valence-electron chi connectivity index (χ2n) is 6.21. The first kappa shape index (κ1) is 18.6. The summed E-state index contributed by atoms with van der Waals surface area (Å²) < 4.78 is 6.75. The number of rotatable bonds is 6. The summed E-state index contributed by atoms with van der Waals surface area (Å²) in [5, 5.41) is 22.6. The van der Waals surface area contributed by atoms with Gasteiger partial charge in [0.15, 0.2) is 0 Å². The lowest BCUT2D eigenvalue weighted by Crippen LogP contribution is -2.22. The molecule has 0 unspecified atom stereocenters. The van der Waals surface area contributed by atoms with Crippen molar-refractivity contribution >= 4 is 44.9 Å². The number of benzene rings is 2. The Balaban J connectivity index is 1.67. The molecular formula is C21H13N2O5S-. The van der Waals surface area contributed by atoms with E-state index in [4.69, 9.17) is 4.42 Å². The predicted molar refractivity (Wildman–Crippen MR) is 108 cm³/mol. The van der Waals surface area contributed by atoms with Crippen LogP contribution in [0.15, 0.2) is 65.1 Å². The smallest absolute Gasteiger partial charge is 0.269 e. The van der Waals surface area contributed by atoms with Gasteiger partial charge in [-0.3, -0.25) is 10.1 Å². The fraction of sp³-hybridized carbons (Fsp3) is 0.0476. The molecule has 2 heterocycles. The van der Waals surface area contributed by atoms with Gasteiger partial charge >= 0.3 is 0 Å². The molecule has 0 saturated heterocycles. The number of non-ortho nitro benzene ring substituents is 1. The van der Waals surface area contributed by atoms with Crippen LogP contribution in [0.2, 0.25) is 0 Å². The van der Waals surface area contributed by atoms with Crippen molar-refractivity contribution in [1.82, 2.24) is 4.98 Å². The molecule has 0 aliphatic heterocycles. The molecule has 0 radical (unpaired) electrons. The lowest BCUT2D eigenvalue weighted by atomic mass is 10.1. The maximum absolute atomic E-state index is 11.2. The monoisotopic (exact) mass is 405 g/mol. The lowest BCUT2D eigenvalue weighted by Gasteiger charge is -2.04. The van der Waals surface area contributed by atoms with Gasteiger partial charge in [0.1, 0.15) is 16.5 Å². The Morgan fingerprint density at radius 1 is 1.10 bits per heavy atom. The number of fused-ring (bicyclic) bond motifs is 1. The van der Waals surface area contributed by atoms with Crippen molar-refractivity contribution in [3.05, 3.63) is 81.5 Å². The number of carboxylic acids is 1. The number of aromatic nitrogens is 1. The molecule has 4 rings (SSSR count). The zero-order valence-electron chi connectivity index (χ0n) is 14.9. The van der Waals surface area contributed by atoms with Crippen molar-refractivity contribution in [3.8, 4) is 11.3 Å². The summed E-state index contributed by atoms with van der Waals surface area (Å²) in [6, 6.07) is 17.0. The van der Waals surface area contributed by atoms with Crippen LogP contribution in [-0.2, 0) is 4.79 Å². The Morgan fingerprint density at radius 2 is 1.86 bits per heavy atom. The molecule has 29 heavy (non-hydrogen) atoms. The van der Waals surface area contributed by atoms with E-state index in [0.29, 0.717) is 27.7 Å². The highest BCUT2D eigenvalue weighted by molar-refractivity contribution is 7.19. The van der Waals surface area contributed by atoms with Gasteiger partial charge in [-0.25, -0.2) is 4.98 Å². The van der Waals surface area contributed by atoms with Crippen LogP contribution in [-0.4, -0.2) is 15.9 Å². The summed E-state index contributed by atoms with van der Waals surface area (Å²) >= 11 is 1.40. The summed E-state index contributed by atoms with van der Waals surface area (Å²) in [4.78, 5) is 26.1. The van der Waals surface area contributed by atoms with Crippen molar-refractivity contribution in [2.75, 3.05) is 0 Å². The number of nitrogens with zero attached hydrogens (tertiary/aromatic N) is 2. The number of carbonyl (C=O) groups is 1. The number of carboxylic acid groups (broad SMARTS) is 1. The van der Waals surface area contributed by atoms with Crippen LogP contribution in [0.25, 0.3) is 33.2 Å². The first-order valence-corrected chi connectivity index (χ1v) is 9.42. The van der Waals surface area contributed by atoms with E-state index >= 15 is 0 Å². The molecule has 0 N–H and O–H groups in total. The van der Waals surface area contributed by atoms with E-state index in [1.807, 2.05) is 24.3 Å². The summed E-state index contributed by atoms with van der Waals surface area (Å²) in [6.07, 6.45) is 1.33. The second-order valence-corrected chi connectivity index (χ2v) is 7.24. The van der Waals surface area contributed by atoms with Crippen LogP contribution in [0, 0.1) is 10.1 Å². The van der Waals surface area contributed by atoms with E-state index in [-0.39, 0.29) is 12.1 Å². The highest BCUT2D eigenvalue weighted by Gasteiger charge is 2.12. The number of hydrogen-bond acceptors (Lipinski definition) is 7. The third-order valence-electron chi connectivity index (χ3n) is 4.21. The Morgan fingerprint density at radius 3 is 2.55 bits per heavy atom. The number of carbonyl (C=O) groups excluding carboxylic acids is 1. The molecule has 2 aromatic heterocycles. The van der Waals surface area contributed by atoms with Crippen LogP contribution in [0.3, 0.4) is 0 Å². The predicted octanol–water partition coefficient (Wildman–Crippen LogP) is 4.15. The van der Waals surface area contributed by atoms with Crippen LogP contribution in [0.5, 0.6) is 0 Å². The minimum atomic E-state index is -1.21. The molecule has 4 aromatic rings. The molecule has 0 spiro atoms. The molecule has 7 nitrogen and oxygen atoms in total. The van der Waals surface area contributed by atoms with Crippen molar-refractivity contribution < 1.29 is 19.2 Å². The molecule has 0 fully saturated rings. The van der Waals surface area contributed by atoms with Gasteiger partial charge < -0.3 is 14.3 Å². The molecular weight excluding hydrogens is 392 g/mol. The number of aliphatic carboxylic acids is 1. The van der Waals surface area contributed by atoms with Crippen molar-refractivity contribution in [2.45, 2.75) is 6.42 Å². The Kier molecular flexibility index (Phi) is 4.92. The average molecular weight is 405 g/mol. The van der Waals surface area contributed by atoms with Crippen molar-refractivity contribution in [3.63, 3.8) is 0 Å². The standard InChI is InChI=1S/C21H14N2O5S/c24-20(25)12-14(21-22-17-3-1-2-4-19(17)29-21)11-16-9-10-18(28-16)13-5-7-15(8-6-13)23(26)27/h1-11H,12H2,(H,24,25)/p-1/b14-11+. The van der Waals surface area contributed by atoms with E-state index < -0.39 is 10.9 Å². The summed E-state index contributed by atoms with van der Waals surface area (Å²) in [5.41, 5.74) is 1.95. The third-order valence-corrected chi connectivity index (χ3v) is 5.32. The average Bonchev–Trinajstić information content (AvgIpc) is 3.34. The molecule has 0 bridgehead atoms. The van der Waals surface area contributed by atoms with Gasteiger partial charge in [0.25, 0.3) is 5.69 Å². The molecule has 0 amide bonds. The first-order valence-electron chi connectivity index (χ1n) is 8.60. The molecule has 0 saturated carbocycles. The van der Waals surface area contributed by atoms with E-state index in [9.17, 15) is 20.0 Å². The maximum Gasteiger partial charge on any atom is 0.269 e. The van der Waals surface area contributed by atoms with Gasteiger partial charge in [0.2, 0.25) is 0 Å².